The largest absolute Gasteiger partial charge is 0.508 e. The molecule has 0 aliphatic heterocycles. The molecular formula is C16H10Cl2O4. The van der Waals surface area contributed by atoms with E-state index in [1.807, 2.05) is 0 Å². The van der Waals surface area contributed by atoms with Gasteiger partial charge in [0.15, 0.2) is 0 Å². The van der Waals surface area contributed by atoms with Crippen molar-refractivity contribution in [1.29, 1.82) is 0 Å². The Labute approximate surface area is 135 Å². The van der Waals surface area contributed by atoms with Gasteiger partial charge >= 0.3 is 5.63 Å². The molecule has 3 rings (SSSR count). The zero-order valence-corrected chi connectivity index (χ0v) is 12.7. The van der Waals surface area contributed by atoms with Gasteiger partial charge in [-0.05, 0) is 30.3 Å². The van der Waals surface area contributed by atoms with Crippen LogP contribution in [0.3, 0.4) is 0 Å². The molecular weight excluding hydrogens is 327 g/mol. The van der Waals surface area contributed by atoms with Gasteiger partial charge < -0.3 is 14.3 Å². The Morgan fingerprint density at radius 2 is 1.91 bits per heavy atom. The van der Waals surface area contributed by atoms with Gasteiger partial charge in [0, 0.05) is 28.1 Å². The Bertz CT molecular complexity index is 902. The number of rotatable bonds is 3. The number of aromatic hydroxyl groups is 1. The van der Waals surface area contributed by atoms with Gasteiger partial charge in [-0.2, -0.15) is 0 Å². The fourth-order valence-electron chi connectivity index (χ4n) is 2.09. The lowest BCUT2D eigenvalue weighted by Gasteiger charge is -2.10. The van der Waals surface area contributed by atoms with Crippen LogP contribution in [-0.2, 0) is 6.61 Å². The Morgan fingerprint density at radius 1 is 1.09 bits per heavy atom. The van der Waals surface area contributed by atoms with Crippen molar-refractivity contribution in [2.75, 3.05) is 0 Å². The zero-order chi connectivity index (χ0) is 15.7. The molecule has 0 saturated heterocycles. The van der Waals surface area contributed by atoms with Crippen LogP contribution in [0.4, 0.5) is 0 Å². The van der Waals surface area contributed by atoms with Crippen LogP contribution in [0.5, 0.6) is 11.5 Å². The number of phenolic OH excluding ortho intramolecular Hbond substituents is 1. The van der Waals surface area contributed by atoms with Crippen LogP contribution in [0, 0.1) is 0 Å². The summed E-state index contributed by atoms with van der Waals surface area (Å²) in [4.78, 5) is 11.6. The molecule has 0 aliphatic rings. The highest BCUT2D eigenvalue weighted by Crippen LogP contribution is 2.29. The summed E-state index contributed by atoms with van der Waals surface area (Å²) >= 11 is 11.9. The maximum atomic E-state index is 11.6. The summed E-state index contributed by atoms with van der Waals surface area (Å²) in [6, 6.07) is 10.8. The second-order valence-electron chi connectivity index (χ2n) is 4.63. The summed E-state index contributed by atoms with van der Waals surface area (Å²) in [5.41, 5.74) is 0.421. The average Bonchev–Trinajstić information content (AvgIpc) is 2.45. The van der Waals surface area contributed by atoms with Crippen LogP contribution in [0.15, 0.2) is 51.7 Å². The van der Waals surface area contributed by atoms with E-state index in [1.54, 1.807) is 24.3 Å². The number of benzene rings is 2. The molecule has 4 nitrogen and oxygen atoms in total. The van der Waals surface area contributed by atoms with Crippen molar-refractivity contribution in [2.45, 2.75) is 6.61 Å². The molecule has 1 heterocycles. The third-order valence-electron chi connectivity index (χ3n) is 3.09. The lowest BCUT2D eigenvalue weighted by molar-refractivity contribution is 0.307. The van der Waals surface area contributed by atoms with E-state index in [1.165, 1.54) is 18.2 Å². The van der Waals surface area contributed by atoms with Crippen molar-refractivity contribution in [2.24, 2.45) is 0 Å². The second kappa shape index (κ2) is 5.91. The van der Waals surface area contributed by atoms with Crippen LogP contribution in [0.1, 0.15) is 5.56 Å². The Kier molecular flexibility index (Phi) is 3.96. The van der Waals surface area contributed by atoms with Crippen molar-refractivity contribution in [1.82, 2.24) is 0 Å². The Hall–Kier alpha value is -2.17. The van der Waals surface area contributed by atoms with Crippen molar-refractivity contribution in [3.05, 3.63) is 68.5 Å². The fourth-order valence-corrected chi connectivity index (χ4v) is 2.55. The molecule has 0 bridgehead atoms. The molecule has 1 aromatic heterocycles. The van der Waals surface area contributed by atoms with E-state index < -0.39 is 5.63 Å². The van der Waals surface area contributed by atoms with E-state index in [2.05, 4.69) is 0 Å². The molecule has 1 N–H and O–H groups in total. The van der Waals surface area contributed by atoms with E-state index in [9.17, 15) is 9.90 Å². The lowest BCUT2D eigenvalue weighted by atomic mass is 10.1. The molecule has 0 atom stereocenters. The first-order valence-corrected chi connectivity index (χ1v) is 7.12. The number of halogens is 2. The summed E-state index contributed by atoms with van der Waals surface area (Å²) in [6.07, 6.45) is 0. The molecule has 0 amide bonds. The summed E-state index contributed by atoms with van der Waals surface area (Å²) in [5, 5.41) is 11.0. The predicted molar refractivity (Wildman–Crippen MR) is 84.9 cm³/mol. The van der Waals surface area contributed by atoms with E-state index in [0.29, 0.717) is 32.3 Å². The van der Waals surface area contributed by atoms with Gasteiger partial charge in [-0.1, -0.05) is 23.2 Å². The maximum absolute atomic E-state index is 11.6. The summed E-state index contributed by atoms with van der Waals surface area (Å²) in [7, 11) is 0. The third kappa shape index (κ3) is 3.03. The van der Waals surface area contributed by atoms with Crippen molar-refractivity contribution in [3.8, 4) is 11.5 Å². The monoisotopic (exact) mass is 336 g/mol. The summed E-state index contributed by atoms with van der Waals surface area (Å²) in [5.74, 6) is 0.487. The fraction of sp³-hybridized carbons (Fsp3) is 0.0625. The molecule has 3 aromatic rings. The molecule has 0 unspecified atom stereocenters. The van der Waals surface area contributed by atoms with Crippen LogP contribution < -0.4 is 10.4 Å². The topological polar surface area (TPSA) is 59.7 Å². The van der Waals surface area contributed by atoms with Crippen LogP contribution in [0.2, 0.25) is 10.0 Å². The summed E-state index contributed by atoms with van der Waals surface area (Å²) in [6.45, 7) is 0.133. The first kappa shape index (κ1) is 14.8. The van der Waals surface area contributed by atoms with Gasteiger partial charge in [-0.3, -0.25) is 0 Å². The molecule has 0 fully saturated rings. The normalized spacial score (nSPS) is 10.8. The van der Waals surface area contributed by atoms with Crippen LogP contribution >= 0.6 is 23.2 Å². The van der Waals surface area contributed by atoms with E-state index in [-0.39, 0.29) is 12.4 Å². The number of hydrogen-bond donors (Lipinski definition) is 1. The van der Waals surface area contributed by atoms with Gasteiger partial charge in [-0.15, -0.1) is 0 Å². The lowest BCUT2D eigenvalue weighted by Crippen LogP contribution is -2.04. The molecule has 0 radical (unpaired) electrons. The van der Waals surface area contributed by atoms with Crippen LogP contribution in [0.25, 0.3) is 11.0 Å². The molecule has 0 aliphatic carbocycles. The highest BCUT2D eigenvalue weighted by Gasteiger charge is 2.09. The number of phenols is 1. The van der Waals surface area contributed by atoms with Crippen molar-refractivity contribution >= 4 is 34.2 Å². The van der Waals surface area contributed by atoms with Gasteiger partial charge in [0.2, 0.25) is 0 Å². The minimum absolute atomic E-state index is 0.0227. The minimum Gasteiger partial charge on any atom is -0.508 e. The molecule has 0 spiro atoms. The number of fused-ring (bicyclic) bond motifs is 1. The Morgan fingerprint density at radius 3 is 2.68 bits per heavy atom. The quantitative estimate of drug-likeness (QED) is 0.721. The van der Waals surface area contributed by atoms with Gasteiger partial charge in [0.25, 0.3) is 0 Å². The standard InChI is InChI=1S/C16H10Cl2O4/c17-10-1-4-14(13(18)6-10)21-8-9-5-16(20)22-15-7-11(19)2-3-12(9)15/h1-7,19H,8H2. The van der Waals surface area contributed by atoms with Gasteiger partial charge in [-0.25, -0.2) is 4.79 Å². The average molecular weight is 337 g/mol. The summed E-state index contributed by atoms with van der Waals surface area (Å²) < 4.78 is 10.7. The maximum Gasteiger partial charge on any atom is 0.336 e. The third-order valence-corrected chi connectivity index (χ3v) is 3.62. The van der Waals surface area contributed by atoms with Crippen molar-refractivity contribution < 1.29 is 14.3 Å². The molecule has 22 heavy (non-hydrogen) atoms. The second-order valence-corrected chi connectivity index (χ2v) is 5.48. The highest BCUT2D eigenvalue weighted by molar-refractivity contribution is 6.35. The first-order valence-electron chi connectivity index (χ1n) is 6.36. The number of hydrogen-bond acceptors (Lipinski definition) is 4. The van der Waals surface area contributed by atoms with Gasteiger partial charge in [0.1, 0.15) is 23.7 Å². The molecule has 112 valence electrons. The minimum atomic E-state index is -0.515. The van der Waals surface area contributed by atoms with E-state index in [0.717, 1.165) is 0 Å². The first-order chi connectivity index (χ1) is 10.5. The molecule has 2 aromatic carbocycles. The SMILES string of the molecule is O=c1cc(COc2ccc(Cl)cc2Cl)c2ccc(O)cc2o1. The van der Waals surface area contributed by atoms with Gasteiger partial charge in [0.05, 0.1) is 5.02 Å². The van der Waals surface area contributed by atoms with Crippen molar-refractivity contribution in [3.63, 3.8) is 0 Å². The molecule has 6 heteroatoms. The zero-order valence-electron chi connectivity index (χ0n) is 11.2. The smallest absolute Gasteiger partial charge is 0.336 e. The highest BCUT2D eigenvalue weighted by atomic mass is 35.5. The molecule has 0 saturated carbocycles. The Balaban J connectivity index is 1.95. The van der Waals surface area contributed by atoms with E-state index >= 15 is 0 Å². The van der Waals surface area contributed by atoms with Crippen LogP contribution in [-0.4, -0.2) is 5.11 Å². The predicted octanol–water partition coefficient (Wildman–Crippen LogP) is 4.38. The van der Waals surface area contributed by atoms with E-state index in [4.69, 9.17) is 32.4 Å². The number of ether oxygens (including phenoxy) is 1.